The molecule has 15 heavy (non-hydrogen) atoms. The van der Waals surface area contributed by atoms with Crippen molar-refractivity contribution in [2.75, 3.05) is 39.5 Å². The Bertz CT molecular complexity index is 274. The van der Waals surface area contributed by atoms with E-state index in [0.717, 1.165) is 30.5 Å². The van der Waals surface area contributed by atoms with Crippen molar-refractivity contribution in [2.45, 2.75) is 5.16 Å². The van der Waals surface area contributed by atoms with Gasteiger partial charge in [-0.3, -0.25) is 0 Å². The smallest absolute Gasteiger partial charge is 0.209 e. The van der Waals surface area contributed by atoms with Crippen LogP contribution in [0.15, 0.2) is 5.16 Å². The van der Waals surface area contributed by atoms with Crippen LogP contribution in [0.25, 0.3) is 0 Å². The summed E-state index contributed by atoms with van der Waals surface area (Å²) in [7, 11) is 5.99. The molecule has 0 aliphatic heterocycles. The minimum Gasteiger partial charge on any atom is -0.315 e. The van der Waals surface area contributed by atoms with E-state index < -0.39 is 0 Å². The van der Waals surface area contributed by atoms with Crippen LogP contribution in [-0.4, -0.2) is 64.6 Å². The Balaban J connectivity index is 2.00. The Morgan fingerprint density at radius 3 is 2.80 bits per heavy atom. The molecule has 0 atom stereocenters. The van der Waals surface area contributed by atoms with Crippen LogP contribution in [0.2, 0.25) is 0 Å². The highest BCUT2D eigenvalue weighted by Gasteiger charge is 2.01. The number of likely N-dealkylation sites (N-methyl/N-ethyl adjacent to an activating group) is 1. The fourth-order valence-corrected chi connectivity index (χ4v) is 1.73. The molecule has 1 rings (SSSR count). The van der Waals surface area contributed by atoms with Crippen LogP contribution in [0.5, 0.6) is 0 Å². The first kappa shape index (κ1) is 12.4. The van der Waals surface area contributed by atoms with E-state index in [4.69, 9.17) is 0 Å². The van der Waals surface area contributed by atoms with Gasteiger partial charge in [0.25, 0.3) is 0 Å². The third-order valence-electron chi connectivity index (χ3n) is 1.83. The van der Waals surface area contributed by atoms with Gasteiger partial charge in [0.2, 0.25) is 5.16 Å². The molecule has 0 unspecified atom stereocenters. The lowest BCUT2D eigenvalue weighted by molar-refractivity contribution is 0.403. The van der Waals surface area contributed by atoms with Gasteiger partial charge in [-0.15, -0.1) is 5.10 Å². The third-order valence-corrected chi connectivity index (χ3v) is 2.84. The second kappa shape index (κ2) is 6.76. The van der Waals surface area contributed by atoms with Gasteiger partial charge in [-0.2, -0.15) is 0 Å². The average Bonchev–Trinajstić information content (AvgIpc) is 2.57. The first-order valence-electron chi connectivity index (χ1n) is 4.90. The molecule has 0 fully saturated rings. The van der Waals surface area contributed by atoms with Crippen LogP contribution in [0.1, 0.15) is 0 Å². The maximum Gasteiger partial charge on any atom is 0.209 e. The normalized spacial score (nSPS) is 11.2. The van der Waals surface area contributed by atoms with Crippen molar-refractivity contribution in [1.29, 1.82) is 0 Å². The van der Waals surface area contributed by atoms with Crippen LogP contribution in [-0.2, 0) is 7.05 Å². The van der Waals surface area contributed by atoms with Crippen LogP contribution in [0.4, 0.5) is 0 Å². The van der Waals surface area contributed by atoms with Gasteiger partial charge in [-0.05, 0) is 24.5 Å². The summed E-state index contributed by atoms with van der Waals surface area (Å²) in [5.74, 6) is 0.988. The van der Waals surface area contributed by atoms with E-state index in [1.807, 2.05) is 7.05 Å². The van der Waals surface area contributed by atoms with Crippen LogP contribution < -0.4 is 5.32 Å². The van der Waals surface area contributed by atoms with E-state index in [1.165, 1.54) is 0 Å². The SMILES string of the molecule is CN(C)CCNCCSc1nnnn1C. The number of aryl methyl sites for hydroxylation is 1. The Kier molecular flexibility index (Phi) is 5.59. The van der Waals surface area contributed by atoms with E-state index in [0.29, 0.717) is 0 Å². The number of hydrogen-bond acceptors (Lipinski definition) is 6. The van der Waals surface area contributed by atoms with Crippen molar-refractivity contribution in [2.24, 2.45) is 7.05 Å². The summed E-state index contributed by atoms with van der Waals surface area (Å²) in [5.41, 5.74) is 0. The van der Waals surface area contributed by atoms with Crippen molar-refractivity contribution in [3.63, 3.8) is 0 Å². The predicted molar refractivity (Wildman–Crippen MR) is 60.9 cm³/mol. The number of nitrogens with one attached hydrogen (secondary N) is 1. The quantitative estimate of drug-likeness (QED) is 0.501. The zero-order valence-electron chi connectivity index (χ0n) is 9.47. The average molecular weight is 230 g/mol. The highest BCUT2D eigenvalue weighted by Crippen LogP contribution is 2.10. The molecule has 1 aromatic heterocycles. The lowest BCUT2D eigenvalue weighted by atomic mass is 10.5. The van der Waals surface area contributed by atoms with Gasteiger partial charge in [-0.25, -0.2) is 4.68 Å². The summed E-state index contributed by atoms with van der Waals surface area (Å²) < 4.78 is 1.69. The molecule has 0 aromatic carbocycles. The number of hydrogen-bond donors (Lipinski definition) is 1. The summed E-state index contributed by atoms with van der Waals surface area (Å²) in [6.45, 7) is 3.06. The first-order chi connectivity index (χ1) is 7.20. The van der Waals surface area contributed by atoms with Gasteiger partial charge in [0.1, 0.15) is 0 Å². The third kappa shape index (κ3) is 5.10. The molecule has 0 aliphatic rings. The second-order valence-corrected chi connectivity index (χ2v) is 4.55. The largest absolute Gasteiger partial charge is 0.315 e. The van der Waals surface area contributed by atoms with Crippen LogP contribution in [0, 0.1) is 0 Å². The van der Waals surface area contributed by atoms with Gasteiger partial charge < -0.3 is 10.2 Å². The van der Waals surface area contributed by atoms with Crippen molar-refractivity contribution < 1.29 is 0 Å². The van der Waals surface area contributed by atoms with Crippen LogP contribution in [0.3, 0.4) is 0 Å². The fourth-order valence-electron chi connectivity index (χ4n) is 0.986. The highest BCUT2D eigenvalue weighted by molar-refractivity contribution is 7.99. The Hall–Kier alpha value is -0.660. The molecule has 0 saturated heterocycles. The van der Waals surface area contributed by atoms with E-state index >= 15 is 0 Å². The zero-order chi connectivity index (χ0) is 11.1. The summed E-state index contributed by atoms with van der Waals surface area (Å²) in [6.07, 6.45) is 0. The maximum absolute atomic E-state index is 3.89. The molecule has 0 saturated carbocycles. The zero-order valence-corrected chi connectivity index (χ0v) is 10.3. The number of aromatic nitrogens is 4. The fraction of sp³-hybridized carbons (Fsp3) is 0.875. The molecular weight excluding hydrogens is 212 g/mol. The van der Waals surface area contributed by atoms with Crippen molar-refractivity contribution in [1.82, 2.24) is 30.4 Å². The molecule has 0 amide bonds. The Morgan fingerprint density at radius 1 is 1.40 bits per heavy atom. The van der Waals surface area contributed by atoms with Gasteiger partial charge in [0.15, 0.2) is 0 Å². The molecule has 1 aromatic rings. The summed E-state index contributed by atoms with van der Waals surface area (Å²) >= 11 is 1.66. The van der Waals surface area contributed by atoms with Crippen molar-refractivity contribution in [3.05, 3.63) is 0 Å². The minimum atomic E-state index is 0.865. The summed E-state index contributed by atoms with van der Waals surface area (Å²) in [4.78, 5) is 2.16. The van der Waals surface area contributed by atoms with Crippen LogP contribution >= 0.6 is 11.8 Å². The molecule has 1 N–H and O–H groups in total. The highest BCUT2D eigenvalue weighted by atomic mass is 32.2. The van der Waals surface area contributed by atoms with Crippen molar-refractivity contribution in [3.8, 4) is 0 Å². The molecule has 0 aliphatic carbocycles. The van der Waals surface area contributed by atoms with E-state index in [-0.39, 0.29) is 0 Å². The van der Waals surface area contributed by atoms with Gasteiger partial charge >= 0.3 is 0 Å². The first-order valence-corrected chi connectivity index (χ1v) is 5.89. The molecule has 0 spiro atoms. The number of tetrazole rings is 1. The molecular formula is C8H18N6S. The summed E-state index contributed by atoms with van der Waals surface area (Å²) in [6, 6.07) is 0. The van der Waals surface area contributed by atoms with E-state index in [9.17, 15) is 0 Å². The lowest BCUT2D eigenvalue weighted by Crippen LogP contribution is -2.28. The summed E-state index contributed by atoms with van der Waals surface area (Å²) in [5, 5.41) is 15.5. The number of rotatable bonds is 7. The molecule has 0 bridgehead atoms. The molecule has 0 radical (unpaired) electrons. The minimum absolute atomic E-state index is 0.865. The van der Waals surface area contributed by atoms with Gasteiger partial charge in [0.05, 0.1) is 0 Å². The molecule has 6 nitrogen and oxygen atoms in total. The molecule has 1 heterocycles. The standard InChI is InChI=1S/C8H18N6S/c1-13(2)6-4-9-5-7-15-8-10-11-12-14(8)3/h9H,4-7H2,1-3H3. The Morgan fingerprint density at radius 2 is 2.20 bits per heavy atom. The molecule has 86 valence electrons. The monoisotopic (exact) mass is 230 g/mol. The lowest BCUT2D eigenvalue weighted by Gasteiger charge is -2.09. The van der Waals surface area contributed by atoms with E-state index in [1.54, 1.807) is 16.4 Å². The van der Waals surface area contributed by atoms with Gasteiger partial charge in [-0.1, -0.05) is 11.8 Å². The van der Waals surface area contributed by atoms with E-state index in [2.05, 4.69) is 39.8 Å². The maximum atomic E-state index is 3.89. The number of thioether (sulfide) groups is 1. The van der Waals surface area contributed by atoms with Crippen molar-refractivity contribution >= 4 is 11.8 Å². The molecule has 7 heteroatoms. The number of nitrogens with zero attached hydrogens (tertiary/aromatic N) is 5. The predicted octanol–water partition coefficient (Wildman–Crippen LogP) is -0.547. The Labute approximate surface area is 94.4 Å². The van der Waals surface area contributed by atoms with Gasteiger partial charge in [0, 0.05) is 32.4 Å². The second-order valence-electron chi connectivity index (χ2n) is 3.49. The topological polar surface area (TPSA) is 58.9 Å².